The van der Waals surface area contributed by atoms with Gasteiger partial charge in [-0.15, -0.1) is 0 Å². The third kappa shape index (κ3) is 6.42. The van der Waals surface area contributed by atoms with Gasteiger partial charge in [-0.05, 0) is 31.7 Å². The van der Waals surface area contributed by atoms with Gasteiger partial charge in [-0.25, -0.2) is 0 Å². The summed E-state index contributed by atoms with van der Waals surface area (Å²) in [4.78, 5) is 0. The number of hydrogen-bond acceptors (Lipinski definition) is 2. The first-order chi connectivity index (χ1) is 8.24. The van der Waals surface area contributed by atoms with Gasteiger partial charge in [-0.3, -0.25) is 0 Å². The van der Waals surface area contributed by atoms with E-state index in [2.05, 4.69) is 26.1 Å². The smallest absolute Gasteiger partial charge is 0.0728 e. The summed E-state index contributed by atoms with van der Waals surface area (Å²) in [6.45, 7) is 8.73. The zero-order valence-corrected chi connectivity index (χ0v) is 12.0. The highest BCUT2D eigenvalue weighted by molar-refractivity contribution is 4.79. The lowest BCUT2D eigenvalue weighted by Crippen LogP contribution is -2.42. The Morgan fingerprint density at radius 3 is 2.47 bits per heavy atom. The molecule has 0 bridgehead atoms. The fraction of sp³-hybridized carbons (Fsp3) is 1.00. The van der Waals surface area contributed by atoms with E-state index in [-0.39, 0.29) is 0 Å². The van der Waals surface area contributed by atoms with Gasteiger partial charge in [0.1, 0.15) is 0 Å². The van der Waals surface area contributed by atoms with Crippen molar-refractivity contribution in [2.24, 2.45) is 5.92 Å². The molecule has 17 heavy (non-hydrogen) atoms. The van der Waals surface area contributed by atoms with E-state index in [0.29, 0.717) is 12.1 Å². The molecular formula is C15H31NO. The summed E-state index contributed by atoms with van der Waals surface area (Å²) in [5.74, 6) is 0.751. The Morgan fingerprint density at radius 2 is 1.82 bits per heavy atom. The summed E-state index contributed by atoms with van der Waals surface area (Å²) in [6, 6.07) is 0.590. The highest BCUT2D eigenvalue weighted by atomic mass is 16.5. The zero-order valence-electron chi connectivity index (χ0n) is 12.0. The summed E-state index contributed by atoms with van der Waals surface area (Å²) in [6.07, 6.45) is 9.68. The highest BCUT2D eigenvalue weighted by Crippen LogP contribution is 2.20. The molecular weight excluding hydrogens is 210 g/mol. The SMILES string of the molecule is CCNC1CCCCCCC1OCCC(C)C. The fourth-order valence-electron chi connectivity index (χ4n) is 2.60. The van der Waals surface area contributed by atoms with E-state index in [1.165, 1.54) is 44.9 Å². The lowest BCUT2D eigenvalue weighted by atomic mass is 9.94. The topological polar surface area (TPSA) is 21.3 Å². The van der Waals surface area contributed by atoms with Crippen LogP contribution in [0.15, 0.2) is 0 Å². The molecule has 2 heteroatoms. The predicted octanol–water partition coefficient (Wildman–Crippen LogP) is 3.75. The van der Waals surface area contributed by atoms with E-state index in [0.717, 1.165) is 19.1 Å². The molecule has 0 amide bonds. The van der Waals surface area contributed by atoms with Crippen molar-refractivity contribution in [2.45, 2.75) is 77.9 Å². The van der Waals surface area contributed by atoms with Crippen LogP contribution in [0.1, 0.15) is 65.7 Å². The second-order valence-electron chi connectivity index (χ2n) is 5.75. The standard InChI is InChI=1S/C15H31NO/c1-4-16-14-9-7-5-6-8-10-15(14)17-12-11-13(2)3/h13-16H,4-12H2,1-3H3. The van der Waals surface area contributed by atoms with Crippen molar-refractivity contribution < 1.29 is 4.74 Å². The van der Waals surface area contributed by atoms with Gasteiger partial charge in [0.2, 0.25) is 0 Å². The van der Waals surface area contributed by atoms with Crippen LogP contribution in [0, 0.1) is 5.92 Å². The van der Waals surface area contributed by atoms with Crippen molar-refractivity contribution in [3.8, 4) is 0 Å². The Balaban J connectivity index is 2.36. The molecule has 2 unspecified atom stereocenters. The molecule has 0 aromatic heterocycles. The Kier molecular flexibility index (Phi) is 7.87. The minimum Gasteiger partial charge on any atom is -0.377 e. The molecule has 0 aromatic rings. The fourth-order valence-corrected chi connectivity index (χ4v) is 2.60. The maximum atomic E-state index is 6.13. The van der Waals surface area contributed by atoms with Crippen molar-refractivity contribution in [1.29, 1.82) is 0 Å². The Bertz CT molecular complexity index is 182. The van der Waals surface area contributed by atoms with Gasteiger partial charge in [0, 0.05) is 12.6 Å². The zero-order chi connectivity index (χ0) is 12.5. The normalized spacial score (nSPS) is 26.8. The predicted molar refractivity (Wildman–Crippen MR) is 74.4 cm³/mol. The van der Waals surface area contributed by atoms with Crippen molar-refractivity contribution in [3.63, 3.8) is 0 Å². The highest BCUT2D eigenvalue weighted by Gasteiger charge is 2.22. The molecule has 2 atom stereocenters. The molecule has 0 radical (unpaired) electrons. The first kappa shape index (κ1) is 15.0. The number of hydrogen-bond donors (Lipinski definition) is 1. The van der Waals surface area contributed by atoms with E-state index in [1.54, 1.807) is 0 Å². The average Bonchev–Trinajstić information content (AvgIpc) is 2.26. The van der Waals surface area contributed by atoms with Crippen molar-refractivity contribution >= 4 is 0 Å². The molecule has 0 aromatic carbocycles. The third-order valence-corrected chi connectivity index (χ3v) is 3.70. The number of likely N-dealkylation sites (N-methyl/N-ethyl adjacent to an activating group) is 1. The number of nitrogens with one attached hydrogen (secondary N) is 1. The lowest BCUT2D eigenvalue weighted by molar-refractivity contribution is 0.00891. The van der Waals surface area contributed by atoms with Crippen LogP contribution < -0.4 is 5.32 Å². The molecule has 1 rings (SSSR count). The van der Waals surface area contributed by atoms with Gasteiger partial charge < -0.3 is 10.1 Å². The second-order valence-corrected chi connectivity index (χ2v) is 5.75. The van der Waals surface area contributed by atoms with Crippen molar-refractivity contribution in [2.75, 3.05) is 13.2 Å². The quantitative estimate of drug-likeness (QED) is 0.764. The largest absolute Gasteiger partial charge is 0.377 e. The molecule has 0 heterocycles. The monoisotopic (exact) mass is 241 g/mol. The molecule has 0 spiro atoms. The van der Waals surface area contributed by atoms with Crippen LogP contribution in [0.5, 0.6) is 0 Å². The lowest BCUT2D eigenvalue weighted by Gasteiger charge is -2.30. The summed E-state index contributed by atoms with van der Waals surface area (Å²) in [5, 5.41) is 3.62. The van der Waals surface area contributed by atoms with Gasteiger partial charge in [0.15, 0.2) is 0 Å². The Hall–Kier alpha value is -0.0800. The van der Waals surface area contributed by atoms with Crippen LogP contribution in [0.3, 0.4) is 0 Å². The van der Waals surface area contributed by atoms with Crippen LogP contribution in [0.2, 0.25) is 0 Å². The molecule has 2 nitrogen and oxygen atoms in total. The molecule has 1 aliphatic rings. The first-order valence-corrected chi connectivity index (χ1v) is 7.59. The molecule has 1 N–H and O–H groups in total. The Morgan fingerprint density at radius 1 is 1.12 bits per heavy atom. The summed E-state index contributed by atoms with van der Waals surface area (Å²) >= 11 is 0. The maximum Gasteiger partial charge on any atom is 0.0728 e. The second kappa shape index (κ2) is 8.93. The van der Waals surface area contributed by atoms with Gasteiger partial charge in [0.25, 0.3) is 0 Å². The van der Waals surface area contributed by atoms with Crippen LogP contribution in [0.4, 0.5) is 0 Å². The van der Waals surface area contributed by atoms with Gasteiger partial charge in [0.05, 0.1) is 6.10 Å². The maximum absolute atomic E-state index is 6.13. The van der Waals surface area contributed by atoms with Crippen molar-refractivity contribution in [3.05, 3.63) is 0 Å². The van der Waals surface area contributed by atoms with E-state index in [9.17, 15) is 0 Å². The molecule has 102 valence electrons. The van der Waals surface area contributed by atoms with E-state index < -0.39 is 0 Å². The van der Waals surface area contributed by atoms with Crippen molar-refractivity contribution in [1.82, 2.24) is 5.32 Å². The van der Waals surface area contributed by atoms with E-state index >= 15 is 0 Å². The Labute approximate surface area is 108 Å². The first-order valence-electron chi connectivity index (χ1n) is 7.59. The van der Waals surface area contributed by atoms with E-state index in [4.69, 9.17) is 4.74 Å². The summed E-state index contributed by atoms with van der Waals surface area (Å²) in [7, 11) is 0. The third-order valence-electron chi connectivity index (χ3n) is 3.70. The molecule has 0 saturated heterocycles. The molecule has 1 saturated carbocycles. The minimum atomic E-state index is 0.453. The van der Waals surface area contributed by atoms with Crippen LogP contribution in [0.25, 0.3) is 0 Å². The average molecular weight is 241 g/mol. The number of rotatable bonds is 6. The van der Waals surface area contributed by atoms with Gasteiger partial charge >= 0.3 is 0 Å². The molecule has 1 fully saturated rings. The van der Waals surface area contributed by atoms with Crippen LogP contribution >= 0.6 is 0 Å². The minimum absolute atomic E-state index is 0.453. The molecule has 1 aliphatic carbocycles. The molecule has 0 aliphatic heterocycles. The van der Waals surface area contributed by atoms with Gasteiger partial charge in [-0.1, -0.05) is 46.5 Å². The van der Waals surface area contributed by atoms with E-state index in [1.807, 2.05) is 0 Å². The summed E-state index contributed by atoms with van der Waals surface area (Å²) < 4.78 is 6.13. The number of ether oxygens (including phenoxy) is 1. The van der Waals surface area contributed by atoms with Crippen LogP contribution in [-0.4, -0.2) is 25.3 Å². The summed E-state index contributed by atoms with van der Waals surface area (Å²) in [5.41, 5.74) is 0. The van der Waals surface area contributed by atoms with Gasteiger partial charge in [-0.2, -0.15) is 0 Å². The van der Waals surface area contributed by atoms with Crippen LogP contribution in [-0.2, 0) is 4.74 Å².